The van der Waals surface area contributed by atoms with Crippen LogP contribution >= 0.6 is 0 Å². The highest BCUT2D eigenvalue weighted by Gasteiger charge is 2.11. The first-order chi connectivity index (χ1) is 8.11. The van der Waals surface area contributed by atoms with Gasteiger partial charge in [-0.2, -0.15) is 0 Å². The quantitative estimate of drug-likeness (QED) is 0.760. The predicted molar refractivity (Wildman–Crippen MR) is 73.3 cm³/mol. The van der Waals surface area contributed by atoms with Crippen LogP contribution in [0.15, 0.2) is 24.3 Å². The predicted octanol–water partition coefficient (Wildman–Crippen LogP) is 3.21. The fourth-order valence-electron chi connectivity index (χ4n) is 2.22. The highest BCUT2D eigenvalue weighted by molar-refractivity contribution is 5.26. The van der Waals surface area contributed by atoms with Crippen LogP contribution in [0, 0.1) is 11.8 Å². The van der Waals surface area contributed by atoms with Gasteiger partial charge in [0, 0.05) is 0 Å². The molecule has 2 N–H and O–H groups in total. The molecule has 0 aliphatic carbocycles. The second kappa shape index (κ2) is 7.33. The topological polar surface area (TPSA) is 32.3 Å². The molecule has 1 aromatic carbocycles. The molecule has 1 rings (SSSR count). The summed E-state index contributed by atoms with van der Waals surface area (Å²) in [7, 11) is 0. The van der Waals surface area contributed by atoms with Gasteiger partial charge in [-0.15, -0.1) is 0 Å². The normalized spacial score (nSPS) is 12.9. The summed E-state index contributed by atoms with van der Waals surface area (Å²) >= 11 is 0. The van der Waals surface area contributed by atoms with E-state index >= 15 is 0 Å². The Labute approximate surface area is 105 Å². The first-order valence-corrected chi connectivity index (χ1v) is 6.60. The number of phenolic OH excluding ortho intramolecular Hbond substituents is 1. The Hall–Kier alpha value is -1.02. The average molecular weight is 235 g/mol. The summed E-state index contributed by atoms with van der Waals surface area (Å²) in [4.78, 5) is 0. The van der Waals surface area contributed by atoms with Gasteiger partial charge in [0.2, 0.25) is 0 Å². The molecule has 0 aliphatic heterocycles. The molecule has 0 saturated carbocycles. The van der Waals surface area contributed by atoms with Gasteiger partial charge < -0.3 is 10.4 Å². The smallest absolute Gasteiger partial charge is 0.115 e. The molecular formula is C15H25NO. The van der Waals surface area contributed by atoms with Crippen LogP contribution in [0.25, 0.3) is 0 Å². The molecule has 1 atom stereocenters. The Bertz CT molecular complexity index is 305. The molecule has 0 aliphatic rings. The van der Waals surface area contributed by atoms with Crippen molar-refractivity contribution in [1.29, 1.82) is 0 Å². The van der Waals surface area contributed by atoms with Gasteiger partial charge in [-0.1, -0.05) is 32.9 Å². The molecule has 0 spiro atoms. The Morgan fingerprint density at radius 2 is 1.82 bits per heavy atom. The second-order valence-corrected chi connectivity index (χ2v) is 5.17. The Morgan fingerprint density at radius 1 is 1.18 bits per heavy atom. The SMILES string of the molecule is CCNCC(Cc1ccc(O)cc1)CC(C)C. The first kappa shape index (κ1) is 14.0. The molecule has 0 amide bonds. The molecule has 0 fully saturated rings. The second-order valence-electron chi connectivity index (χ2n) is 5.17. The number of nitrogens with one attached hydrogen (secondary N) is 1. The van der Waals surface area contributed by atoms with Crippen molar-refractivity contribution in [3.8, 4) is 5.75 Å². The van der Waals surface area contributed by atoms with E-state index in [0.717, 1.165) is 25.4 Å². The van der Waals surface area contributed by atoms with Crippen LogP contribution in [-0.4, -0.2) is 18.2 Å². The van der Waals surface area contributed by atoms with Crippen LogP contribution in [-0.2, 0) is 6.42 Å². The van der Waals surface area contributed by atoms with Crippen LogP contribution in [0.5, 0.6) is 5.75 Å². The Kier molecular flexibility index (Phi) is 6.06. The number of hydrogen-bond acceptors (Lipinski definition) is 2. The third-order valence-corrected chi connectivity index (χ3v) is 2.95. The first-order valence-electron chi connectivity index (χ1n) is 6.60. The average Bonchev–Trinajstić information content (AvgIpc) is 2.28. The lowest BCUT2D eigenvalue weighted by molar-refractivity contribution is 0.388. The zero-order valence-electron chi connectivity index (χ0n) is 11.2. The standard InChI is InChI=1S/C15H25NO/c1-4-16-11-14(9-12(2)3)10-13-5-7-15(17)8-6-13/h5-8,12,14,16-17H,4,9-11H2,1-3H3. The van der Waals surface area contributed by atoms with Crippen LogP contribution in [0.1, 0.15) is 32.8 Å². The van der Waals surface area contributed by atoms with Crippen molar-refractivity contribution in [2.24, 2.45) is 11.8 Å². The monoisotopic (exact) mass is 235 g/mol. The van der Waals surface area contributed by atoms with Crippen molar-refractivity contribution in [2.75, 3.05) is 13.1 Å². The van der Waals surface area contributed by atoms with Crippen LogP contribution in [0.4, 0.5) is 0 Å². The summed E-state index contributed by atoms with van der Waals surface area (Å²) in [5.74, 6) is 1.76. The van der Waals surface area contributed by atoms with Gasteiger partial charge in [0.15, 0.2) is 0 Å². The molecule has 17 heavy (non-hydrogen) atoms. The van der Waals surface area contributed by atoms with E-state index in [9.17, 15) is 5.11 Å². The van der Waals surface area contributed by atoms with Gasteiger partial charge in [0.05, 0.1) is 0 Å². The maximum Gasteiger partial charge on any atom is 0.115 e. The van der Waals surface area contributed by atoms with Crippen molar-refractivity contribution in [2.45, 2.75) is 33.6 Å². The molecule has 2 nitrogen and oxygen atoms in total. The summed E-state index contributed by atoms with van der Waals surface area (Å²) in [6.45, 7) is 8.80. The molecule has 0 saturated heterocycles. The zero-order chi connectivity index (χ0) is 12.7. The highest BCUT2D eigenvalue weighted by atomic mass is 16.3. The molecule has 96 valence electrons. The molecular weight excluding hydrogens is 210 g/mol. The lowest BCUT2D eigenvalue weighted by Crippen LogP contribution is -2.25. The lowest BCUT2D eigenvalue weighted by atomic mass is 9.91. The van der Waals surface area contributed by atoms with Crippen LogP contribution in [0.2, 0.25) is 0 Å². The lowest BCUT2D eigenvalue weighted by Gasteiger charge is -2.19. The highest BCUT2D eigenvalue weighted by Crippen LogP contribution is 2.18. The molecule has 0 aromatic heterocycles. The van der Waals surface area contributed by atoms with Gasteiger partial charge >= 0.3 is 0 Å². The fraction of sp³-hybridized carbons (Fsp3) is 0.600. The summed E-state index contributed by atoms with van der Waals surface area (Å²) in [6.07, 6.45) is 2.33. The Morgan fingerprint density at radius 3 is 2.35 bits per heavy atom. The van der Waals surface area contributed by atoms with E-state index in [1.165, 1.54) is 12.0 Å². The summed E-state index contributed by atoms with van der Waals surface area (Å²) in [5, 5.41) is 12.7. The van der Waals surface area contributed by atoms with Gasteiger partial charge in [0.25, 0.3) is 0 Å². The molecule has 1 aromatic rings. The summed E-state index contributed by atoms with van der Waals surface area (Å²) in [6, 6.07) is 7.59. The zero-order valence-corrected chi connectivity index (χ0v) is 11.2. The van der Waals surface area contributed by atoms with Crippen molar-refractivity contribution >= 4 is 0 Å². The maximum absolute atomic E-state index is 9.27. The van der Waals surface area contributed by atoms with Crippen molar-refractivity contribution in [1.82, 2.24) is 5.32 Å². The minimum absolute atomic E-state index is 0.348. The summed E-state index contributed by atoms with van der Waals surface area (Å²) < 4.78 is 0. The van der Waals surface area contributed by atoms with Gasteiger partial charge in [0.1, 0.15) is 5.75 Å². The van der Waals surface area contributed by atoms with Gasteiger partial charge in [-0.3, -0.25) is 0 Å². The number of hydrogen-bond donors (Lipinski definition) is 2. The van der Waals surface area contributed by atoms with E-state index in [0.29, 0.717) is 11.7 Å². The molecule has 0 bridgehead atoms. The van der Waals surface area contributed by atoms with E-state index in [1.807, 2.05) is 12.1 Å². The third kappa shape index (κ3) is 5.73. The number of rotatable bonds is 7. The molecule has 2 heteroatoms. The van der Waals surface area contributed by atoms with E-state index in [4.69, 9.17) is 0 Å². The minimum Gasteiger partial charge on any atom is -0.508 e. The minimum atomic E-state index is 0.348. The fourth-order valence-corrected chi connectivity index (χ4v) is 2.22. The van der Waals surface area contributed by atoms with Crippen LogP contribution in [0.3, 0.4) is 0 Å². The van der Waals surface area contributed by atoms with E-state index in [2.05, 4.69) is 26.1 Å². The van der Waals surface area contributed by atoms with Gasteiger partial charge in [-0.25, -0.2) is 0 Å². The number of aromatic hydroxyl groups is 1. The number of benzene rings is 1. The van der Waals surface area contributed by atoms with E-state index in [1.54, 1.807) is 12.1 Å². The summed E-state index contributed by atoms with van der Waals surface area (Å²) in [5.41, 5.74) is 1.31. The van der Waals surface area contributed by atoms with Crippen molar-refractivity contribution in [3.63, 3.8) is 0 Å². The molecule has 1 unspecified atom stereocenters. The van der Waals surface area contributed by atoms with Crippen molar-refractivity contribution in [3.05, 3.63) is 29.8 Å². The largest absolute Gasteiger partial charge is 0.508 e. The van der Waals surface area contributed by atoms with Gasteiger partial charge in [-0.05, 0) is 55.5 Å². The van der Waals surface area contributed by atoms with E-state index in [-0.39, 0.29) is 0 Å². The Balaban J connectivity index is 2.54. The number of phenols is 1. The maximum atomic E-state index is 9.27. The van der Waals surface area contributed by atoms with Crippen molar-refractivity contribution < 1.29 is 5.11 Å². The molecule has 0 radical (unpaired) electrons. The third-order valence-electron chi connectivity index (χ3n) is 2.95. The van der Waals surface area contributed by atoms with Crippen LogP contribution < -0.4 is 5.32 Å². The molecule has 0 heterocycles. The van der Waals surface area contributed by atoms with E-state index < -0.39 is 0 Å².